The number of hydrogen-bond acceptors (Lipinski definition) is 7. The average molecular weight is 458 g/mol. The molecule has 4 heterocycles. The maximum atomic E-state index is 6.65. The van der Waals surface area contributed by atoms with Gasteiger partial charge in [0.1, 0.15) is 6.17 Å². The summed E-state index contributed by atoms with van der Waals surface area (Å²) in [5.41, 5.74) is 7.74. The number of hydrogen-bond donors (Lipinski definition) is 1. The van der Waals surface area contributed by atoms with Crippen LogP contribution >= 0.6 is 23.5 Å². The van der Waals surface area contributed by atoms with Crippen LogP contribution in [0.15, 0.2) is 39.6 Å². The van der Waals surface area contributed by atoms with Gasteiger partial charge in [-0.2, -0.15) is 0 Å². The van der Waals surface area contributed by atoms with Crippen LogP contribution in [0.5, 0.6) is 0 Å². The molecule has 2 aromatic rings. The van der Waals surface area contributed by atoms with E-state index in [1.54, 1.807) is 16.2 Å². The van der Waals surface area contributed by atoms with Gasteiger partial charge in [0.05, 0.1) is 9.92 Å². The van der Waals surface area contributed by atoms with E-state index in [4.69, 9.17) is 22.5 Å². The van der Waals surface area contributed by atoms with Gasteiger partial charge >= 0.3 is 0 Å². The summed E-state index contributed by atoms with van der Waals surface area (Å²) in [4.78, 5) is 17.5. The molecule has 7 nitrogen and oxygen atoms in total. The first-order valence-electron chi connectivity index (χ1n) is 11.3. The second-order valence-corrected chi connectivity index (χ2v) is 10.8. The number of imidazole rings is 1. The van der Waals surface area contributed by atoms with Crippen molar-refractivity contribution < 1.29 is 0 Å². The number of aliphatic imine (C=N–C) groups is 1. The molecule has 2 N–H and O–H groups in total. The summed E-state index contributed by atoms with van der Waals surface area (Å²) >= 11 is 8.26. The van der Waals surface area contributed by atoms with Crippen LogP contribution in [0, 0.1) is 11.3 Å². The van der Waals surface area contributed by atoms with Crippen LogP contribution < -0.4 is 10.6 Å². The number of rotatable bonds is 4. The summed E-state index contributed by atoms with van der Waals surface area (Å²) in [7, 11) is 0. The SMILES string of the molecule is N[C@@H]1CCCC12CCN(c1ncc(SC3=CC=NC(C4CC4)N3Cl)c3nccn13)CC2. The van der Waals surface area contributed by atoms with Crippen LogP contribution in [-0.4, -0.2) is 50.3 Å². The number of nitrogens with zero attached hydrogens (tertiary/aromatic N) is 6. The van der Waals surface area contributed by atoms with Gasteiger partial charge in [0.2, 0.25) is 5.95 Å². The van der Waals surface area contributed by atoms with E-state index in [-0.39, 0.29) is 6.17 Å². The first-order valence-corrected chi connectivity index (χ1v) is 12.5. The zero-order chi connectivity index (χ0) is 21.0. The van der Waals surface area contributed by atoms with E-state index in [9.17, 15) is 0 Å². The fourth-order valence-corrected chi connectivity index (χ4v) is 6.74. The molecule has 4 aliphatic rings. The fourth-order valence-electron chi connectivity index (χ4n) is 5.47. The molecule has 1 unspecified atom stereocenters. The van der Waals surface area contributed by atoms with E-state index < -0.39 is 0 Å². The highest BCUT2D eigenvalue weighted by atomic mass is 35.5. The number of anilines is 1. The van der Waals surface area contributed by atoms with E-state index in [0.717, 1.165) is 47.5 Å². The Kier molecular flexibility index (Phi) is 4.92. The molecule has 0 aromatic carbocycles. The van der Waals surface area contributed by atoms with Crippen molar-refractivity contribution in [3.05, 3.63) is 29.7 Å². The lowest BCUT2D eigenvalue weighted by Gasteiger charge is -2.42. The van der Waals surface area contributed by atoms with Gasteiger partial charge in [0, 0.05) is 61.6 Å². The lowest BCUT2D eigenvalue weighted by Crippen LogP contribution is -2.47. The number of piperidine rings is 1. The number of thioether (sulfide) groups is 1. The first kappa shape index (κ1) is 19.9. The lowest BCUT2D eigenvalue weighted by atomic mass is 9.74. The zero-order valence-corrected chi connectivity index (χ0v) is 19.1. The van der Waals surface area contributed by atoms with Gasteiger partial charge in [-0.15, -0.1) is 0 Å². The monoisotopic (exact) mass is 457 g/mol. The Morgan fingerprint density at radius 3 is 2.71 bits per heavy atom. The number of nitrogens with two attached hydrogens (primary N) is 1. The van der Waals surface area contributed by atoms with Gasteiger partial charge in [-0.3, -0.25) is 13.8 Å². The van der Waals surface area contributed by atoms with Crippen molar-refractivity contribution >= 4 is 41.3 Å². The van der Waals surface area contributed by atoms with Gasteiger partial charge in [-0.25, -0.2) is 9.97 Å². The fraction of sp³-hybridized carbons (Fsp3) is 0.591. The Labute approximate surface area is 191 Å². The number of halogens is 1. The summed E-state index contributed by atoms with van der Waals surface area (Å²) in [6.45, 7) is 2.00. The maximum absolute atomic E-state index is 6.65. The van der Waals surface area contributed by atoms with Gasteiger partial charge < -0.3 is 10.6 Å². The first-order chi connectivity index (χ1) is 15.1. The van der Waals surface area contributed by atoms with Crippen molar-refractivity contribution in [2.45, 2.75) is 62.0 Å². The molecule has 1 spiro atoms. The van der Waals surface area contributed by atoms with E-state index in [2.05, 4.69) is 19.3 Å². The molecule has 2 aromatic heterocycles. The van der Waals surface area contributed by atoms with Gasteiger partial charge in [-0.1, -0.05) is 18.2 Å². The topological polar surface area (TPSA) is 75.0 Å². The molecule has 2 saturated carbocycles. The van der Waals surface area contributed by atoms with Crippen LogP contribution in [0.1, 0.15) is 44.9 Å². The molecule has 9 heteroatoms. The molecular formula is C22H28ClN7S. The molecule has 2 aliphatic heterocycles. The van der Waals surface area contributed by atoms with E-state index in [1.807, 2.05) is 30.9 Å². The normalized spacial score (nSPS) is 28.0. The Balaban J connectivity index is 1.23. The Morgan fingerprint density at radius 2 is 1.97 bits per heavy atom. The summed E-state index contributed by atoms with van der Waals surface area (Å²) in [6.07, 6.45) is 18.1. The Hall–Kier alpha value is -1.77. The molecular weight excluding hydrogens is 430 g/mol. The Morgan fingerprint density at radius 1 is 1.13 bits per heavy atom. The van der Waals surface area contributed by atoms with Gasteiger partial charge in [-0.05, 0) is 50.0 Å². The average Bonchev–Trinajstić information content (AvgIpc) is 3.40. The molecule has 31 heavy (non-hydrogen) atoms. The third-order valence-corrected chi connectivity index (χ3v) is 9.08. The number of fused-ring (bicyclic) bond motifs is 1. The highest BCUT2D eigenvalue weighted by Gasteiger charge is 2.43. The number of aromatic nitrogens is 3. The molecule has 164 valence electrons. The van der Waals surface area contributed by atoms with Crippen LogP contribution in [0.2, 0.25) is 0 Å². The minimum atomic E-state index is 0.0415. The van der Waals surface area contributed by atoms with Crippen LogP contribution in [0.3, 0.4) is 0 Å². The molecule has 0 bridgehead atoms. The predicted molar refractivity (Wildman–Crippen MR) is 125 cm³/mol. The maximum Gasteiger partial charge on any atom is 0.211 e. The Bertz CT molecular complexity index is 1040. The molecule has 2 aliphatic carbocycles. The van der Waals surface area contributed by atoms with Crippen LogP contribution in [0.25, 0.3) is 5.65 Å². The summed E-state index contributed by atoms with van der Waals surface area (Å²) in [5, 5.41) is 0.975. The highest BCUT2D eigenvalue weighted by molar-refractivity contribution is 8.03. The quantitative estimate of drug-likeness (QED) is 0.698. The third-order valence-electron chi connectivity index (χ3n) is 7.55. The zero-order valence-electron chi connectivity index (χ0n) is 17.5. The second-order valence-electron chi connectivity index (χ2n) is 9.36. The van der Waals surface area contributed by atoms with Crippen molar-refractivity contribution in [3.8, 4) is 0 Å². The third kappa shape index (κ3) is 3.43. The molecule has 0 amide bonds. The van der Waals surface area contributed by atoms with Crippen molar-refractivity contribution in [3.63, 3.8) is 0 Å². The highest BCUT2D eigenvalue weighted by Crippen LogP contribution is 2.46. The molecule has 2 atom stereocenters. The summed E-state index contributed by atoms with van der Waals surface area (Å²) in [6, 6.07) is 0.361. The summed E-state index contributed by atoms with van der Waals surface area (Å²) < 4.78 is 3.90. The van der Waals surface area contributed by atoms with Crippen molar-refractivity contribution in [2.24, 2.45) is 22.1 Å². The second kappa shape index (κ2) is 7.67. The minimum Gasteiger partial charge on any atom is -0.342 e. The lowest BCUT2D eigenvalue weighted by molar-refractivity contribution is 0.197. The molecule has 6 rings (SSSR count). The molecule has 1 saturated heterocycles. The van der Waals surface area contributed by atoms with Gasteiger partial charge in [0.15, 0.2) is 5.65 Å². The minimum absolute atomic E-state index is 0.0415. The van der Waals surface area contributed by atoms with Gasteiger partial charge in [0.25, 0.3) is 0 Å². The molecule has 0 radical (unpaired) electrons. The van der Waals surface area contributed by atoms with Crippen molar-refractivity contribution in [1.82, 2.24) is 18.8 Å². The van der Waals surface area contributed by atoms with Crippen LogP contribution in [-0.2, 0) is 0 Å². The summed E-state index contributed by atoms with van der Waals surface area (Å²) in [5.74, 6) is 1.54. The van der Waals surface area contributed by atoms with E-state index >= 15 is 0 Å². The van der Waals surface area contributed by atoms with E-state index in [1.165, 1.54) is 32.1 Å². The predicted octanol–water partition coefficient (Wildman–Crippen LogP) is 4.04. The van der Waals surface area contributed by atoms with E-state index in [0.29, 0.717) is 17.4 Å². The number of allylic oxidation sites excluding steroid dienone is 1. The van der Waals surface area contributed by atoms with Crippen molar-refractivity contribution in [1.29, 1.82) is 0 Å². The van der Waals surface area contributed by atoms with Crippen molar-refractivity contribution in [2.75, 3.05) is 18.0 Å². The largest absolute Gasteiger partial charge is 0.342 e. The smallest absolute Gasteiger partial charge is 0.211 e. The molecule has 3 fully saturated rings. The van der Waals surface area contributed by atoms with Crippen LogP contribution in [0.4, 0.5) is 5.95 Å². The standard InChI is InChI=1S/C22H28ClN7S/c23-30-18(5-9-25-19(30)15-3-4-15)31-16-14-27-21(29-13-10-26-20(16)29)28-11-7-22(8-12-28)6-1-2-17(22)24/h5,9-10,13-15,17,19H,1-4,6-8,11-12,24H2/t17-,19?/m1/s1.